The first-order valence-corrected chi connectivity index (χ1v) is 12.3. The second kappa shape index (κ2) is 10.6. The lowest BCUT2D eigenvalue weighted by Crippen LogP contribution is -2.55. The molecule has 1 aromatic heterocycles. The highest BCUT2D eigenvalue weighted by Gasteiger charge is 2.48. The standard InChI is InChI=1S/C26H28O14/c27-6-13-18(32)21(35)23(37)26(40-13)16-20(34)15(25-22(36)17(31)11(30)7-38-25)19(33)14-10(29)5-12(39-24(14)16)8-1-3-9(28)4-2-8/h1-5,11,13,17-18,21-23,25-28,30-37H,6-7H2/t11-,13+,17-,18-,21-,22-,23-,25-,26+/m1/s1. The van der Waals surface area contributed by atoms with E-state index in [2.05, 4.69) is 0 Å². The van der Waals surface area contributed by atoms with Gasteiger partial charge in [0.15, 0.2) is 11.0 Å². The van der Waals surface area contributed by atoms with E-state index in [-0.39, 0.29) is 11.5 Å². The Morgan fingerprint density at radius 1 is 0.775 bits per heavy atom. The van der Waals surface area contributed by atoms with Crippen LogP contribution < -0.4 is 5.43 Å². The SMILES string of the molecule is O=c1cc(-c2ccc(O)cc2)oc2c([C@@H]3O[C@@H](CO)[C@@H](O)[C@@H](O)[C@H]3O)c(O)c([C@H]3OC[C@@H](O)[C@@H](O)[C@H]3O)c(O)c12. The summed E-state index contributed by atoms with van der Waals surface area (Å²) in [5.41, 5.74) is -2.19. The zero-order valence-corrected chi connectivity index (χ0v) is 20.6. The summed E-state index contributed by atoms with van der Waals surface area (Å²) in [4.78, 5) is 13.4. The number of hydrogen-bond acceptors (Lipinski definition) is 14. The average molecular weight is 564 g/mol. The Balaban J connectivity index is 1.81. The first-order chi connectivity index (χ1) is 19.0. The first kappa shape index (κ1) is 28.2. The van der Waals surface area contributed by atoms with Crippen molar-refractivity contribution in [3.05, 3.63) is 51.7 Å². The molecule has 2 aromatic carbocycles. The van der Waals surface area contributed by atoms with Crippen LogP contribution in [0.1, 0.15) is 23.3 Å². The van der Waals surface area contributed by atoms with Crippen LogP contribution in [0.2, 0.25) is 0 Å². The molecule has 0 saturated carbocycles. The molecule has 0 bridgehead atoms. The molecule has 2 saturated heterocycles. The predicted molar refractivity (Wildman–Crippen MR) is 132 cm³/mol. The van der Waals surface area contributed by atoms with Crippen LogP contribution in [0.15, 0.2) is 39.5 Å². The number of ether oxygens (including phenoxy) is 2. The van der Waals surface area contributed by atoms with E-state index in [1.54, 1.807) is 0 Å². The zero-order chi connectivity index (χ0) is 29.0. The van der Waals surface area contributed by atoms with Gasteiger partial charge in [0, 0.05) is 11.6 Å². The summed E-state index contributed by atoms with van der Waals surface area (Å²) >= 11 is 0. The minimum atomic E-state index is -1.96. The van der Waals surface area contributed by atoms with Crippen molar-refractivity contribution >= 4 is 11.0 Å². The highest BCUT2D eigenvalue weighted by Crippen LogP contribution is 2.50. The summed E-state index contributed by atoms with van der Waals surface area (Å²) < 4.78 is 16.9. The van der Waals surface area contributed by atoms with Crippen molar-refractivity contribution < 1.29 is 65.0 Å². The molecule has 3 heterocycles. The molecule has 0 aliphatic carbocycles. The Bertz CT molecular complexity index is 1450. The van der Waals surface area contributed by atoms with Gasteiger partial charge in [-0.15, -0.1) is 0 Å². The fourth-order valence-electron chi connectivity index (χ4n) is 5.11. The third kappa shape index (κ3) is 4.49. The summed E-state index contributed by atoms with van der Waals surface area (Å²) in [6, 6.07) is 6.47. The summed E-state index contributed by atoms with van der Waals surface area (Å²) in [7, 11) is 0. The molecule has 2 fully saturated rings. The lowest BCUT2D eigenvalue weighted by molar-refractivity contribution is -0.231. The lowest BCUT2D eigenvalue weighted by atomic mass is 9.85. The van der Waals surface area contributed by atoms with Gasteiger partial charge in [0.05, 0.1) is 24.3 Å². The van der Waals surface area contributed by atoms with Crippen LogP contribution in [-0.4, -0.2) is 107 Å². The predicted octanol–water partition coefficient (Wildman–Crippen LogP) is -1.75. The zero-order valence-electron chi connectivity index (χ0n) is 20.6. The molecule has 3 aromatic rings. The molecule has 14 nitrogen and oxygen atoms in total. The molecule has 5 rings (SSSR count). The van der Waals surface area contributed by atoms with Crippen molar-refractivity contribution in [2.24, 2.45) is 0 Å². The molecule has 40 heavy (non-hydrogen) atoms. The van der Waals surface area contributed by atoms with Gasteiger partial charge in [-0.1, -0.05) is 0 Å². The van der Waals surface area contributed by atoms with Gasteiger partial charge in [-0.25, -0.2) is 0 Å². The van der Waals surface area contributed by atoms with Crippen molar-refractivity contribution in [2.45, 2.75) is 54.9 Å². The number of rotatable bonds is 4. The van der Waals surface area contributed by atoms with Crippen molar-refractivity contribution in [1.29, 1.82) is 0 Å². The summed E-state index contributed by atoms with van der Waals surface area (Å²) in [6.45, 7) is -1.34. The Labute approximate surface area is 224 Å². The molecular formula is C26H28O14. The van der Waals surface area contributed by atoms with E-state index in [0.29, 0.717) is 5.56 Å². The van der Waals surface area contributed by atoms with E-state index in [0.717, 1.165) is 6.07 Å². The Morgan fingerprint density at radius 2 is 1.43 bits per heavy atom. The third-order valence-corrected chi connectivity index (χ3v) is 7.31. The van der Waals surface area contributed by atoms with Crippen LogP contribution in [0.25, 0.3) is 22.3 Å². The van der Waals surface area contributed by atoms with Gasteiger partial charge in [0.2, 0.25) is 0 Å². The van der Waals surface area contributed by atoms with Crippen LogP contribution in [0.5, 0.6) is 17.2 Å². The lowest BCUT2D eigenvalue weighted by Gasteiger charge is -2.41. The smallest absolute Gasteiger partial charge is 0.197 e. The van der Waals surface area contributed by atoms with Gasteiger partial charge in [0.25, 0.3) is 0 Å². The van der Waals surface area contributed by atoms with Crippen LogP contribution in [-0.2, 0) is 9.47 Å². The summed E-state index contributed by atoms with van der Waals surface area (Å²) in [5, 5.41) is 104. The largest absolute Gasteiger partial charge is 0.508 e. The van der Waals surface area contributed by atoms with E-state index in [9.17, 15) is 55.9 Å². The second-order valence-corrected chi connectivity index (χ2v) is 9.80. The Morgan fingerprint density at radius 3 is 2.08 bits per heavy atom. The maximum Gasteiger partial charge on any atom is 0.197 e. The van der Waals surface area contributed by atoms with E-state index in [1.165, 1.54) is 24.3 Å². The maximum absolute atomic E-state index is 13.4. The number of aliphatic hydroxyl groups excluding tert-OH is 7. The number of benzene rings is 2. The minimum absolute atomic E-state index is 0.0767. The molecule has 2 aliphatic rings. The van der Waals surface area contributed by atoms with Gasteiger partial charge in [-0.2, -0.15) is 0 Å². The molecule has 14 heteroatoms. The monoisotopic (exact) mass is 564 g/mol. The Hall–Kier alpha value is -3.31. The number of phenolic OH excluding ortho intramolecular Hbond substituents is 3. The molecule has 0 radical (unpaired) electrons. The van der Waals surface area contributed by atoms with Crippen molar-refractivity contribution in [3.8, 4) is 28.6 Å². The van der Waals surface area contributed by atoms with E-state index in [1.807, 2.05) is 0 Å². The molecule has 0 amide bonds. The molecular weight excluding hydrogens is 536 g/mol. The number of aliphatic hydroxyl groups is 7. The number of hydrogen-bond donors (Lipinski definition) is 10. The second-order valence-electron chi connectivity index (χ2n) is 9.80. The van der Waals surface area contributed by atoms with Gasteiger partial charge < -0.3 is 65.0 Å². The number of fused-ring (bicyclic) bond motifs is 1. The van der Waals surface area contributed by atoms with E-state index < -0.39 is 107 Å². The van der Waals surface area contributed by atoms with Gasteiger partial charge in [0.1, 0.15) is 83.3 Å². The summed E-state index contributed by atoms with van der Waals surface area (Å²) in [6.07, 6.45) is -15.7. The van der Waals surface area contributed by atoms with Crippen LogP contribution >= 0.6 is 0 Å². The molecule has 216 valence electrons. The van der Waals surface area contributed by atoms with Gasteiger partial charge in [-0.3, -0.25) is 4.79 Å². The van der Waals surface area contributed by atoms with Crippen molar-refractivity contribution in [3.63, 3.8) is 0 Å². The highest BCUT2D eigenvalue weighted by molar-refractivity contribution is 5.92. The van der Waals surface area contributed by atoms with Crippen molar-refractivity contribution in [1.82, 2.24) is 0 Å². The van der Waals surface area contributed by atoms with E-state index in [4.69, 9.17) is 13.9 Å². The third-order valence-electron chi connectivity index (χ3n) is 7.31. The number of aromatic hydroxyl groups is 3. The molecule has 0 spiro atoms. The maximum atomic E-state index is 13.4. The van der Waals surface area contributed by atoms with Crippen LogP contribution in [0.3, 0.4) is 0 Å². The van der Waals surface area contributed by atoms with Gasteiger partial charge >= 0.3 is 0 Å². The van der Waals surface area contributed by atoms with Crippen LogP contribution in [0, 0.1) is 0 Å². The fraction of sp³-hybridized carbons (Fsp3) is 0.423. The molecule has 0 unspecified atom stereocenters. The summed E-state index contributed by atoms with van der Waals surface area (Å²) in [5.74, 6) is -2.00. The number of phenols is 3. The van der Waals surface area contributed by atoms with E-state index >= 15 is 0 Å². The highest BCUT2D eigenvalue weighted by atomic mass is 16.5. The molecule has 10 N–H and O–H groups in total. The first-order valence-electron chi connectivity index (χ1n) is 12.3. The molecule has 9 atom stereocenters. The van der Waals surface area contributed by atoms with Gasteiger partial charge in [-0.05, 0) is 24.3 Å². The quantitative estimate of drug-likeness (QED) is 0.169. The molecule has 2 aliphatic heterocycles. The Kier molecular flexibility index (Phi) is 7.47. The topological polar surface area (TPSA) is 251 Å². The normalized spacial score (nSPS) is 32.8. The average Bonchev–Trinajstić information content (AvgIpc) is 2.92. The van der Waals surface area contributed by atoms with Crippen molar-refractivity contribution in [2.75, 3.05) is 13.2 Å². The minimum Gasteiger partial charge on any atom is -0.508 e. The fourth-order valence-corrected chi connectivity index (χ4v) is 5.11. The van der Waals surface area contributed by atoms with Crippen LogP contribution in [0.4, 0.5) is 0 Å².